The fraction of sp³-hybridized carbons (Fsp3) is 0.755. The predicted molar refractivity (Wildman–Crippen MR) is 230 cm³/mol. The van der Waals surface area contributed by atoms with Crippen LogP contribution in [-0.4, -0.2) is 20.5 Å². The molecule has 53 heavy (non-hydrogen) atoms. The van der Waals surface area contributed by atoms with Gasteiger partial charge in [0.15, 0.2) is 0 Å². The molecule has 10 saturated carbocycles. The quantitative estimate of drug-likeness (QED) is 0.185. The van der Waals surface area contributed by atoms with Crippen molar-refractivity contribution in [3.63, 3.8) is 0 Å². The average molecular weight is 761 g/mol. The Morgan fingerprint density at radius 1 is 0.472 bits per heavy atom. The number of halogens is 2. The van der Waals surface area contributed by atoms with Crippen molar-refractivity contribution in [3.8, 4) is 0 Å². The Labute approximate surface area is 331 Å². The highest BCUT2D eigenvalue weighted by Gasteiger charge is 2.67. The van der Waals surface area contributed by atoms with E-state index in [-0.39, 0.29) is 19.1 Å². The second-order valence-corrected chi connectivity index (χ2v) is 22.5. The molecule has 0 heterocycles. The van der Waals surface area contributed by atoms with E-state index in [1.54, 1.807) is 108 Å². The normalized spacial score (nSPS) is 42.5. The number of benzene rings is 2. The van der Waals surface area contributed by atoms with Gasteiger partial charge >= 0.3 is 0 Å². The molecule has 16 atom stereocenters. The van der Waals surface area contributed by atoms with Crippen LogP contribution < -0.4 is 0 Å². The van der Waals surface area contributed by atoms with E-state index in [2.05, 4.69) is 13.8 Å². The van der Waals surface area contributed by atoms with Crippen molar-refractivity contribution in [3.05, 3.63) is 71.3 Å². The molecule has 16 unspecified atom stereocenters. The van der Waals surface area contributed by atoms with E-state index < -0.39 is 0 Å². The van der Waals surface area contributed by atoms with E-state index in [1.807, 2.05) is 19.9 Å². The fourth-order valence-electron chi connectivity index (χ4n) is 15.7. The second kappa shape index (κ2) is 18.3. The van der Waals surface area contributed by atoms with Crippen molar-refractivity contribution in [2.75, 3.05) is 0 Å². The Balaban J connectivity index is 0.000000119. The molecule has 0 spiro atoms. The summed E-state index contributed by atoms with van der Waals surface area (Å²) in [6.07, 6.45) is 22.8. The first-order valence-electron chi connectivity index (χ1n) is 22.7. The number of rotatable bonds is 0. The Morgan fingerprint density at radius 2 is 0.830 bits per heavy atom. The molecular weight excluding hydrogens is 683 g/mol. The zero-order valence-corrected chi connectivity index (χ0v) is 37.9. The molecule has 12 rings (SSSR count). The van der Waals surface area contributed by atoms with Gasteiger partial charge < -0.3 is 0 Å². The van der Waals surface area contributed by atoms with E-state index in [4.69, 9.17) is 0 Å². The minimum atomic E-state index is -0.171. The van der Waals surface area contributed by atoms with Crippen LogP contribution in [-0.2, 0) is 0 Å². The summed E-state index contributed by atoms with van der Waals surface area (Å²) in [7, 11) is 2.74. The number of hydrogen-bond donors (Lipinski definition) is 0. The topological polar surface area (TPSA) is 0 Å². The van der Waals surface area contributed by atoms with Gasteiger partial charge in [-0.05, 0) is 215 Å². The van der Waals surface area contributed by atoms with Gasteiger partial charge in [0.1, 0.15) is 11.6 Å². The molecule has 0 saturated heterocycles. The number of fused-ring (bicyclic) bond motifs is 24. The first-order chi connectivity index (χ1) is 25.3. The lowest BCUT2D eigenvalue weighted by atomic mass is 9.64. The number of hydrogen-bond acceptors (Lipinski definition) is 0. The van der Waals surface area contributed by atoms with Gasteiger partial charge in [-0.3, -0.25) is 0 Å². The fourth-order valence-corrected chi connectivity index (χ4v) is 15.7. The summed E-state index contributed by atoms with van der Waals surface area (Å²) in [5.41, 5.74) is 2.05. The lowest BCUT2D eigenvalue weighted by molar-refractivity contribution is 0.0716. The number of aryl methyl sites for hydroxylation is 2. The van der Waals surface area contributed by atoms with Crippen molar-refractivity contribution in [2.24, 2.45) is 94.7 Å². The maximum atomic E-state index is 12.2. The molecule has 8 bridgehead atoms. The van der Waals surface area contributed by atoms with Gasteiger partial charge in [0, 0.05) is 20.5 Å². The molecule has 0 radical (unpaired) electrons. The van der Waals surface area contributed by atoms with E-state index in [0.29, 0.717) is 0 Å². The van der Waals surface area contributed by atoms with Crippen LogP contribution in [0, 0.1) is 120 Å². The molecule has 0 aromatic heterocycles. The molecule has 4 heteroatoms. The third-order valence-corrected chi connectivity index (χ3v) is 16.6. The van der Waals surface area contributed by atoms with Gasteiger partial charge in [0.05, 0.1) is 0 Å². The molecule has 2 aromatic rings. The molecule has 10 aliphatic rings. The van der Waals surface area contributed by atoms with Crippen LogP contribution in [0.3, 0.4) is 0 Å². The van der Waals surface area contributed by atoms with Crippen LogP contribution in [0.4, 0.5) is 8.78 Å². The van der Waals surface area contributed by atoms with Gasteiger partial charge in [-0.15, -0.1) is 0 Å². The summed E-state index contributed by atoms with van der Waals surface area (Å²) in [5, 5.41) is 0. The maximum Gasteiger partial charge on any atom is 0.123 e. The Bertz CT molecular complexity index is 1270. The first kappa shape index (κ1) is 41.4. The van der Waals surface area contributed by atoms with E-state index in [0.717, 1.165) is 11.1 Å². The van der Waals surface area contributed by atoms with E-state index >= 15 is 0 Å². The lowest BCUT2D eigenvalue weighted by Crippen LogP contribution is -2.35. The molecule has 10 aliphatic carbocycles. The summed E-state index contributed by atoms with van der Waals surface area (Å²) >= 11 is 0. The average Bonchev–Trinajstić information content (AvgIpc) is 3.97. The standard InChI is InChI=1S/2C15H22.2C7H7F.2C2H8Si.CH4/c2*1-2-10-11(3-1)13-7-12(10)14-8-4-5-9(6-8)15(13)14;1-6-2-4-7(8)5-3-6;1-6-3-2-4-7(8)5-6;2*1-2-3;/h2*8-15H,1-7H2;2*2-5H,1H3;2*2H2,1,3H3;1H4. The van der Waals surface area contributed by atoms with Gasteiger partial charge in [0.25, 0.3) is 0 Å². The molecular formula is C49H78F2Si2. The van der Waals surface area contributed by atoms with Gasteiger partial charge in [-0.2, -0.15) is 0 Å². The highest BCUT2D eigenvalue weighted by atomic mass is 28.1. The van der Waals surface area contributed by atoms with Crippen LogP contribution in [0.15, 0.2) is 48.5 Å². The van der Waals surface area contributed by atoms with Gasteiger partial charge in [0.2, 0.25) is 0 Å². The van der Waals surface area contributed by atoms with Crippen LogP contribution in [0.25, 0.3) is 0 Å². The van der Waals surface area contributed by atoms with Crippen molar-refractivity contribution < 1.29 is 8.78 Å². The highest BCUT2D eigenvalue weighted by Crippen LogP contribution is 2.74. The lowest BCUT2D eigenvalue weighted by Gasteiger charge is -2.40. The third kappa shape index (κ3) is 8.27. The van der Waals surface area contributed by atoms with Crippen molar-refractivity contribution in [1.29, 1.82) is 0 Å². The summed E-state index contributed by atoms with van der Waals surface area (Å²) in [6.45, 7) is 8.17. The molecule has 0 amide bonds. The van der Waals surface area contributed by atoms with Crippen molar-refractivity contribution in [2.45, 2.75) is 137 Å². The summed E-state index contributed by atoms with van der Waals surface area (Å²) < 4.78 is 24.3. The van der Waals surface area contributed by atoms with E-state index in [9.17, 15) is 8.78 Å². The van der Waals surface area contributed by atoms with Gasteiger partial charge in [-0.1, -0.05) is 76.0 Å². The van der Waals surface area contributed by atoms with Crippen molar-refractivity contribution in [1.82, 2.24) is 0 Å². The van der Waals surface area contributed by atoms with Crippen LogP contribution in [0.1, 0.15) is 122 Å². The minimum Gasteiger partial charge on any atom is -0.207 e. The zero-order valence-electron chi connectivity index (χ0n) is 33.9. The largest absolute Gasteiger partial charge is 0.207 e. The molecule has 296 valence electrons. The summed E-state index contributed by atoms with van der Waals surface area (Å²) in [6, 6.07) is 15.7. The molecule has 0 N–H and O–H groups in total. The Hall–Kier alpha value is -1.27. The maximum absolute atomic E-state index is 12.2. The van der Waals surface area contributed by atoms with Crippen LogP contribution >= 0.6 is 0 Å². The minimum absolute atomic E-state index is 0. The molecule has 10 fully saturated rings. The summed E-state index contributed by atoms with van der Waals surface area (Å²) in [5.74, 6) is 19.2. The molecule has 0 aliphatic heterocycles. The highest BCUT2D eigenvalue weighted by molar-refractivity contribution is 6.08. The SMILES string of the molecule is C.C1CC2C(C1)C1CC2C2C3CCC(C3)C12.C1CC2C(C1)C1CC2C2C3CCC(C3)C12.CC[SiH3].CC[SiH3].Cc1ccc(F)cc1.Cc1cccc(F)c1. The van der Waals surface area contributed by atoms with Gasteiger partial charge in [-0.25, -0.2) is 8.78 Å². The third-order valence-electron chi connectivity index (χ3n) is 16.6. The van der Waals surface area contributed by atoms with E-state index in [1.165, 1.54) is 152 Å². The molecule has 2 aromatic carbocycles. The monoisotopic (exact) mass is 761 g/mol. The predicted octanol–water partition coefficient (Wildman–Crippen LogP) is 11.9. The first-order valence-corrected chi connectivity index (χ1v) is 25.5. The molecule has 0 nitrogen and oxygen atoms in total. The second-order valence-electron chi connectivity index (χ2n) is 19.6. The summed E-state index contributed by atoms with van der Waals surface area (Å²) in [4.78, 5) is 0. The smallest absolute Gasteiger partial charge is 0.123 e. The van der Waals surface area contributed by atoms with Crippen LogP contribution in [0.5, 0.6) is 0 Å². The Kier molecular flexibility index (Phi) is 14.3. The van der Waals surface area contributed by atoms with Crippen LogP contribution in [0.2, 0.25) is 12.1 Å². The Morgan fingerprint density at radius 3 is 1.11 bits per heavy atom. The van der Waals surface area contributed by atoms with Crippen molar-refractivity contribution >= 4 is 20.5 Å². The zero-order chi connectivity index (χ0) is 36.5.